The predicted octanol–water partition coefficient (Wildman–Crippen LogP) is 2.38. The van der Waals surface area contributed by atoms with Gasteiger partial charge in [-0.25, -0.2) is 14.3 Å². The van der Waals surface area contributed by atoms with Gasteiger partial charge < -0.3 is 14.8 Å². The number of para-hydroxylation sites is 2. The SMILES string of the molecule is CCOC(=O)/C(=C(\O)c1cc[n+](C)cc1)c1nc2ccccc2[nH]1. The minimum absolute atomic E-state index is 0.0157. The lowest BCUT2D eigenvalue weighted by atomic mass is 10.1. The molecule has 0 aliphatic heterocycles. The minimum Gasteiger partial charge on any atom is -0.506 e. The van der Waals surface area contributed by atoms with E-state index in [1.54, 1.807) is 31.5 Å². The van der Waals surface area contributed by atoms with Crippen LogP contribution in [0.15, 0.2) is 48.8 Å². The highest BCUT2D eigenvalue weighted by molar-refractivity contribution is 6.22. The van der Waals surface area contributed by atoms with Gasteiger partial charge in [0, 0.05) is 17.7 Å². The van der Waals surface area contributed by atoms with Crippen LogP contribution < -0.4 is 4.57 Å². The van der Waals surface area contributed by atoms with Crippen LogP contribution in [0.25, 0.3) is 22.4 Å². The number of aliphatic hydroxyl groups is 1. The molecule has 122 valence electrons. The Morgan fingerprint density at radius 3 is 2.62 bits per heavy atom. The van der Waals surface area contributed by atoms with Gasteiger partial charge >= 0.3 is 5.97 Å². The second kappa shape index (κ2) is 6.54. The highest BCUT2D eigenvalue weighted by Gasteiger charge is 2.23. The third-order valence-corrected chi connectivity index (χ3v) is 3.59. The number of H-pyrrole nitrogens is 1. The average molecular weight is 324 g/mol. The maximum absolute atomic E-state index is 12.4. The maximum Gasteiger partial charge on any atom is 0.345 e. The Balaban J connectivity index is 2.17. The summed E-state index contributed by atoms with van der Waals surface area (Å²) in [6.07, 6.45) is 3.57. The van der Waals surface area contributed by atoms with E-state index in [-0.39, 0.29) is 23.8 Å². The Morgan fingerprint density at radius 1 is 1.25 bits per heavy atom. The number of benzene rings is 1. The number of ether oxygens (including phenoxy) is 1. The Labute approximate surface area is 139 Å². The first kappa shape index (κ1) is 15.7. The molecule has 2 N–H and O–H groups in total. The summed E-state index contributed by atoms with van der Waals surface area (Å²) < 4.78 is 6.93. The zero-order chi connectivity index (χ0) is 17.1. The molecule has 0 amide bonds. The van der Waals surface area contributed by atoms with Gasteiger partial charge in [-0.1, -0.05) is 12.1 Å². The number of nitrogens with one attached hydrogen (secondary N) is 1. The quantitative estimate of drug-likeness (QED) is 0.334. The Morgan fingerprint density at radius 2 is 1.96 bits per heavy atom. The molecule has 0 saturated carbocycles. The van der Waals surface area contributed by atoms with E-state index in [4.69, 9.17) is 4.74 Å². The summed E-state index contributed by atoms with van der Waals surface area (Å²) in [6, 6.07) is 10.9. The summed E-state index contributed by atoms with van der Waals surface area (Å²) in [6.45, 7) is 1.92. The number of aryl methyl sites for hydroxylation is 1. The van der Waals surface area contributed by atoms with Gasteiger partial charge in [-0.15, -0.1) is 0 Å². The second-order valence-electron chi connectivity index (χ2n) is 5.30. The molecule has 0 spiro atoms. The van der Waals surface area contributed by atoms with Gasteiger partial charge in [0.2, 0.25) is 0 Å². The lowest BCUT2D eigenvalue weighted by molar-refractivity contribution is -0.671. The number of hydrogen-bond acceptors (Lipinski definition) is 4. The number of carbonyl (C=O) groups excluding carboxylic acids is 1. The van der Waals surface area contributed by atoms with Crippen LogP contribution in [0.1, 0.15) is 18.3 Å². The average Bonchev–Trinajstić information content (AvgIpc) is 2.99. The van der Waals surface area contributed by atoms with Crippen molar-refractivity contribution in [3.8, 4) is 0 Å². The van der Waals surface area contributed by atoms with Crippen molar-refractivity contribution in [2.45, 2.75) is 6.92 Å². The molecule has 0 aliphatic carbocycles. The summed E-state index contributed by atoms with van der Waals surface area (Å²) in [5, 5.41) is 10.7. The summed E-state index contributed by atoms with van der Waals surface area (Å²) in [4.78, 5) is 19.9. The third-order valence-electron chi connectivity index (χ3n) is 3.59. The van der Waals surface area contributed by atoms with Crippen LogP contribution >= 0.6 is 0 Å². The number of aromatic amines is 1. The second-order valence-corrected chi connectivity index (χ2v) is 5.30. The molecule has 0 saturated heterocycles. The van der Waals surface area contributed by atoms with E-state index in [0.29, 0.717) is 11.1 Å². The molecule has 6 nitrogen and oxygen atoms in total. The van der Waals surface area contributed by atoms with E-state index >= 15 is 0 Å². The minimum atomic E-state index is -0.623. The van der Waals surface area contributed by atoms with Crippen molar-refractivity contribution in [3.05, 3.63) is 60.2 Å². The molecule has 0 unspecified atom stereocenters. The van der Waals surface area contributed by atoms with Gasteiger partial charge in [-0.05, 0) is 19.1 Å². The van der Waals surface area contributed by atoms with E-state index in [9.17, 15) is 9.90 Å². The van der Waals surface area contributed by atoms with E-state index in [2.05, 4.69) is 9.97 Å². The van der Waals surface area contributed by atoms with E-state index < -0.39 is 5.97 Å². The lowest BCUT2D eigenvalue weighted by Crippen LogP contribution is -2.26. The molecule has 3 rings (SSSR count). The van der Waals surface area contributed by atoms with Crippen molar-refractivity contribution in [1.82, 2.24) is 9.97 Å². The zero-order valence-corrected chi connectivity index (χ0v) is 13.5. The Kier molecular flexibility index (Phi) is 4.29. The largest absolute Gasteiger partial charge is 0.506 e. The van der Waals surface area contributed by atoms with Crippen molar-refractivity contribution in [3.63, 3.8) is 0 Å². The molecule has 2 aromatic heterocycles. The number of nitrogens with zero attached hydrogens (tertiary/aromatic N) is 2. The fourth-order valence-electron chi connectivity index (χ4n) is 2.38. The molecule has 3 aromatic rings. The van der Waals surface area contributed by atoms with Gasteiger partial charge in [-0.2, -0.15) is 0 Å². The molecule has 0 aliphatic rings. The number of rotatable bonds is 4. The van der Waals surface area contributed by atoms with Gasteiger partial charge in [0.25, 0.3) is 0 Å². The van der Waals surface area contributed by atoms with Crippen molar-refractivity contribution in [2.75, 3.05) is 6.61 Å². The number of aliphatic hydroxyl groups excluding tert-OH is 1. The number of hydrogen-bond donors (Lipinski definition) is 2. The Bertz CT molecular complexity index is 878. The normalized spacial score (nSPS) is 12.1. The molecule has 24 heavy (non-hydrogen) atoms. The van der Waals surface area contributed by atoms with Crippen LogP contribution in [-0.4, -0.2) is 27.7 Å². The monoisotopic (exact) mass is 324 g/mol. The summed E-state index contributed by atoms with van der Waals surface area (Å²) >= 11 is 0. The van der Waals surface area contributed by atoms with Gasteiger partial charge in [0.15, 0.2) is 12.4 Å². The smallest absolute Gasteiger partial charge is 0.345 e. The first-order valence-electron chi connectivity index (χ1n) is 7.61. The number of imidazole rings is 1. The number of fused-ring (bicyclic) bond motifs is 1. The lowest BCUT2D eigenvalue weighted by Gasteiger charge is -2.08. The first-order valence-corrected chi connectivity index (χ1v) is 7.61. The molecule has 0 bridgehead atoms. The van der Waals surface area contributed by atoms with Crippen LogP contribution in [-0.2, 0) is 16.6 Å². The van der Waals surface area contributed by atoms with Crippen LogP contribution in [0.5, 0.6) is 0 Å². The van der Waals surface area contributed by atoms with E-state index in [1.165, 1.54) is 0 Å². The maximum atomic E-state index is 12.4. The molecule has 0 atom stereocenters. The number of aromatic nitrogens is 3. The van der Waals surface area contributed by atoms with E-state index in [1.807, 2.05) is 35.9 Å². The van der Waals surface area contributed by atoms with Crippen molar-refractivity contribution in [2.24, 2.45) is 7.05 Å². The molecule has 2 heterocycles. The molecule has 6 heteroatoms. The summed E-state index contributed by atoms with van der Waals surface area (Å²) in [5.41, 5.74) is 2.02. The Hall–Kier alpha value is -3.15. The summed E-state index contributed by atoms with van der Waals surface area (Å²) in [7, 11) is 1.87. The van der Waals surface area contributed by atoms with Crippen molar-refractivity contribution >= 4 is 28.3 Å². The van der Waals surface area contributed by atoms with Crippen molar-refractivity contribution in [1.29, 1.82) is 0 Å². The van der Waals surface area contributed by atoms with Crippen LogP contribution in [0, 0.1) is 0 Å². The molecule has 1 aromatic carbocycles. The van der Waals surface area contributed by atoms with E-state index in [0.717, 1.165) is 5.52 Å². The van der Waals surface area contributed by atoms with Gasteiger partial charge in [-0.3, -0.25) is 0 Å². The third kappa shape index (κ3) is 2.99. The number of carbonyl (C=O) groups is 1. The topological polar surface area (TPSA) is 79.1 Å². The van der Waals surface area contributed by atoms with Gasteiger partial charge in [0.1, 0.15) is 24.2 Å². The van der Waals surface area contributed by atoms with Gasteiger partial charge in [0.05, 0.1) is 17.6 Å². The predicted molar refractivity (Wildman–Crippen MR) is 89.8 cm³/mol. The fraction of sp³-hybridized carbons (Fsp3) is 0.167. The number of pyridine rings is 1. The standard InChI is InChI=1S/C18H17N3O3/c1-3-24-18(23)15(16(22)12-8-10-21(2)11-9-12)17-19-13-6-4-5-7-14(13)20-17/h4-11,22H,3H2,1-2H3/p+1. The zero-order valence-electron chi connectivity index (χ0n) is 13.5. The van der Waals surface area contributed by atoms with Crippen LogP contribution in [0.2, 0.25) is 0 Å². The first-order chi connectivity index (χ1) is 11.6. The molecular formula is C18H18N3O3+. The molecule has 0 fully saturated rings. The van der Waals surface area contributed by atoms with Crippen LogP contribution in [0.3, 0.4) is 0 Å². The fourth-order valence-corrected chi connectivity index (χ4v) is 2.38. The highest BCUT2D eigenvalue weighted by atomic mass is 16.5. The highest BCUT2D eigenvalue weighted by Crippen LogP contribution is 2.25. The van der Waals surface area contributed by atoms with Crippen molar-refractivity contribution < 1.29 is 19.2 Å². The van der Waals surface area contributed by atoms with Crippen LogP contribution in [0.4, 0.5) is 0 Å². The molecule has 0 radical (unpaired) electrons. The summed E-state index contributed by atoms with van der Waals surface area (Å²) in [5.74, 6) is -0.518. The number of esters is 1. The molecular weight excluding hydrogens is 306 g/mol.